The van der Waals surface area contributed by atoms with Crippen molar-refractivity contribution in [2.75, 3.05) is 0 Å². The minimum absolute atomic E-state index is 0.489. The lowest BCUT2D eigenvalue weighted by Crippen LogP contribution is -1.90. The Balaban J connectivity index is 2.72. The third-order valence-corrected chi connectivity index (χ3v) is 3.16. The van der Waals surface area contributed by atoms with E-state index in [4.69, 9.17) is 5.26 Å². The van der Waals surface area contributed by atoms with Crippen LogP contribution in [-0.2, 0) is 13.5 Å². The summed E-state index contributed by atoms with van der Waals surface area (Å²) in [6.45, 7) is 4.26. The number of rotatable bonds is 1. The standard InChI is InChI=1S/C13H14N2/c1-9-10(2)15(3)13-5-4-11(6-7-14)8-12(9)13/h4-5,8H,6H2,1-3H3. The fourth-order valence-electron chi connectivity index (χ4n) is 2.00. The quantitative estimate of drug-likeness (QED) is 0.692. The summed E-state index contributed by atoms with van der Waals surface area (Å²) in [5.41, 5.74) is 4.94. The molecule has 15 heavy (non-hydrogen) atoms. The van der Waals surface area contributed by atoms with Crippen LogP contribution in [0.5, 0.6) is 0 Å². The van der Waals surface area contributed by atoms with Gasteiger partial charge in [-0.25, -0.2) is 0 Å². The Morgan fingerprint density at radius 2 is 2.07 bits per heavy atom. The van der Waals surface area contributed by atoms with Gasteiger partial charge in [-0.15, -0.1) is 0 Å². The van der Waals surface area contributed by atoms with E-state index in [1.165, 1.54) is 22.2 Å². The molecule has 0 aliphatic rings. The zero-order valence-corrected chi connectivity index (χ0v) is 9.33. The lowest BCUT2D eigenvalue weighted by Gasteiger charge is -1.99. The van der Waals surface area contributed by atoms with Crippen molar-refractivity contribution < 1.29 is 0 Å². The first kappa shape index (κ1) is 9.79. The molecule has 0 atom stereocenters. The number of hydrogen-bond donors (Lipinski definition) is 0. The first-order valence-corrected chi connectivity index (χ1v) is 5.06. The fourth-order valence-corrected chi connectivity index (χ4v) is 2.00. The molecule has 0 bridgehead atoms. The van der Waals surface area contributed by atoms with Crippen molar-refractivity contribution in [3.8, 4) is 6.07 Å². The second-order valence-corrected chi connectivity index (χ2v) is 3.96. The summed E-state index contributed by atoms with van der Waals surface area (Å²) in [4.78, 5) is 0. The zero-order chi connectivity index (χ0) is 11.0. The highest BCUT2D eigenvalue weighted by Gasteiger charge is 2.08. The minimum Gasteiger partial charge on any atom is -0.348 e. The molecule has 1 heterocycles. The van der Waals surface area contributed by atoms with Crippen LogP contribution in [0.4, 0.5) is 0 Å². The summed E-state index contributed by atoms with van der Waals surface area (Å²) < 4.78 is 2.20. The van der Waals surface area contributed by atoms with Crippen LogP contribution in [0.3, 0.4) is 0 Å². The normalized spacial score (nSPS) is 10.5. The van der Waals surface area contributed by atoms with Crippen LogP contribution in [0.15, 0.2) is 18.2 Å². The third kappa shape index (κ3) is 1.41. The molecule has 0 fully saturated rings. The van der Waals surface area contributed by atoms with E-state index in [1.807, 2.05) is 6.07 Å². The van der Waals surface area contributed by atoms with Gasteiger partial charge in [0.1, 0.15) is 0 Å². The number of benzene rings is 1. The van der Waals surface area contributed by atoms with Gasteiger partial charge in [-0.2, -0.15) is 5.26 Å². The predicted octanol–water partition coefficient (Wildman–Crippen LogP) is 2.86. The molecule has 76 valence electrons. The fraction of sp³-hybridized carbons (Fsp3) is 0.308. The molecule has 0 amide bonds. The van der Waals surface area contributed by atoms with E-state index < -0.39 is 0 Å². The molecule has 0 N–H and O–H groups in total. The molecular weight excluding hydrogens is 184 g/mol. The van der Waals surface area contributed by atoms with Gasteiger partial charge in [0.15, 0.2) is 0 Å². The molecule has 1 aromatic carbocycles. The number of aryl methyl sites for hydroxylation is 2. The zero-order valence-electron chi connectivity index (χ0n) is 9.33. The van der Waals surface area contributed by atoms with Gasteiger partial charge >= 0.3 is 0 Å². The Bertz CT molecular complexity index is 556. The Kier molecular flexibility index (Phi) is 2.24. The van der Waals surface area contributed by atoms with Crippen molar-refractivity contribution in [2.24, 2.45) is 7.05 Å². The molecule has 0 aliphatic heterocycles. The SMILES string of the molecule is Cc1c(C)n(C)c2ccc(CC#N)cc12. The molecule has 2 rings (SSSR count). The molecular formula is C13H14N2. The van der Waals surface area contributed by atoms with Crippen molar-refractivity contribution in [3.05, 3.63) is 35.0 Å². The van der Waals surface area contributed by atoms with Crippen LogP contribution < -0.4 is 0 Å². The number of hydrogen-bond acceptors (Lipinski definition) is 1. The van der Waals surface area contributed by atoms with Gasteiger partial charge in [0, 0.05) is 23.6 Å². The largest absolute Gasteiger partial charge is 0.348 e. The number of nitriles is 1. The summed E-state index contributed by atoms with van der Waals surface area (Å²) in [5, 5.41) is 9.93. The van der Waals surface area contributed by atoms with Crippen LogP contribution in [0, 0.1) is 25.2 Å². The molecule has 1 aromatic heterocycles. The maximum Gasteiger partial charge on any atom is 0.0669 e. The molecule has 2 aromatic rings. The molecule has 0 radical (unpaired) electrons. The maximum atomic E-state index is 8.67. The van der Waals surface area contributed by atoms with Crippen molar-refractivity contribution >= 4 is 10.9 Å². The van der Waals surface area contributed by atoms with Gasteiger partial charge in [0.05, 0.1) is 12.5 Å². The maximum absolute atomic E-state index is 8.67. The first-order valence-electron chi connectivity index (χ1n) is 5.06. The van der Waals surface area contributed by atoms with E-state index in [1.54, 1.807) is 0 Å². The highest BCUT2D eigenvalue weighted by Crippen LogP contribution is 2.25. The second-order valence-electron chi connectivity index (χ2n) is 3.96. The topological polar surface area (TPSA) is 28.7 Å². The average molecular weight is 198 g/mol. The van der Waals surface area contributed by atoms with Gasteiger partial charge in [-0.1, -0.05) is 6.07 Å². The molecule has 2 nitrogen and oxygen atoms in total. The number of nitrogens with zero attached hydrogens (tertiary/aromatic N) is 2. The number of aromatic nitrogens is 1. The van der Waals surface area contributed by atoms with E-state index in [2.05, 4.69) is 43.7 Å². The third-order valence-electron chi connectivity index (χ3n) is 3.16. The van der Waals surface area contributed by atoms with Crippen LogP contribution in [0.1, 0.15) is 16.8 Å². The monoisotopic (exact) mass is 198 g/mol. The summed E-state index contributed by atoms with van der Waals surface area (Å²) in [7, 11) is 2.08. The highest BCUT2D eigenvalue weighted by atomic mass is 14.9. The van der Waals surface area contributed by atoms with Crippen molar-refractivity contribution in [2.45, 2.75) is 20.3 Å². The lowest BCUT2D eigenvalue weighted by atomic mass is 10.1. The number of fused-ring (bicyclic) bond motifs is 1. The minimum atomic E-state index is 0.489. The Hall–Kier alpha value is -1.75. The van der Waals surface area contributed by atoms with Crippen molar-refractivity contribution in [1.82, 2.24) is 4.57 Å². The van der Waals surface area contributed by atoms with Gasteiger partial charge < -0.3 is 4.57 Å². The van der Waals surface area contributed by atoms with E-state index >= 15 is 0 Å². The van der Waals surface area contributed by atoms with Gasteiger partial charge in [-0.05, 0) is 37.1 Å². The van der Waals surface area contributed by atoms with Gasteiger partial charge in [0.2, 0.25) is 0 Å². The van der Waals surface area contributed by atoms with Crippen LogP contribution in [0.25, 0.3) is 10.9 Å². The Morgan fingerprint density at radius 3 is 2.73 bits per heavy atom. The summed E-state index contributed by atoms with van der Waals surface area (Å²) in [6.07, 6.45) is 0.489. The second kappa shape index (κ2) is 3.43. The summed E-state index contributed by atoms with van der Waals surface area (Å²) in [5.74, 6) is 0. The van der Waals surface area contributed by atoms with Crippen LogP contribution >= 0.6 is 0 Å². The molecule has 0 saturated heterocycles. The van der Waals surface area contributed by atoms with E-state index in [9.17, 15) is 0 Å². The first-order chi connectivity index (χ1) is 7.15. The molecule has 0 saturated carbocycles. The Morgan fingerprint density at radius 1 is 1.33 bits per heavy atom. The van der Waals surface area contributed by atoms with Crippen molar-refractivity contribution in [1.29, 1.82) is 5.26 Å². The van der Waals surface area contributed by atoms with Crippen LogP contribution in [0.2, 0.25) is 0 Å². The van der Waals surface area contributed by atoms with Crippen LogP contribution in [-0.4, -0.2) is 4.57 Å². The molecule has 0 aliphatic carbocycles. The van der Waals surface area contributed by atoms with E-state index in [0.29, 0.717) is 6.42 Å². The van der Waals surface area contributed by atoms with E-state index in [-0.39, 0.29) is 0 Å². The highest BCUT2D eigenvalue weighted by molar-refractivity contribution is 5.85. The average Bonchev–Trinajstić information content (AvgIpc) is 2.45. The van der Waals surface area contributed by atoms with Crippen molar-refractivity contribution in [3.63, 3.8) is 0 Å². The molecule has 0 spiro atoms. The smallest absolute Gasteiger partial charge is 0.0669 e. The summed E-state index contributed by atoms with van der Waals surface area (Å²) >= 11 is 0. The molecule has 2 heteroatoms. The van der Waals surface area contributed by atoms with E-state index in [0.717, 1.165) is 5.56 Å². The molecule has 0 unspecified atom stereocenters. The predicted molar refractivity (Wildman–Crippen MR) is 61.7 cm³/mol. The lowest BCUT2D eigenvalue weighted by molar-refractivity contribution is 0.910. The Labute approximate surface area is 89.7 Å². The van der Waals surface area contributed by atoms with Gasteiger partial charge in [-0.3, -0.25) is 0 Å². The summed E-state index contributed by atoms with van der Waals surface area (Å²) in [6, 6.07) is 8.44. The van der Waals surface area contributed by atoms with Gasteiger partial charge in [0.25, 0.3) is 0 Å².